The summed E-state index contributed by atoms with van der Waals surface area (Å²) >= 11 is 0. The fourth-order valence-electron chi connectivity index (χ4n) is 1.85. The molecular weight excluding hydrogens is 253 g/mol. The molecule has 18 heavy (non-hydrogen) atoms. The Morgan fingerprint density at radius 1 is 1.33 bits per heavy atom. The molecule has 0 spiro atoms. The predicted octanol–water partition coefficient (Wildman–Crippen LogP) is 2.30. The van der Waals surface area contributed by atoms with Crippen molar-refractivity contribution in [1.29, 1.82) is 0 Å². The van der Waals surface area contributed by atoms with Crippen molar-refractivity contribution in [3.8, 4) is 0 Å². The van der Waals surface area contributed by atoms with Crippen molar-refractivity contribution in [3.63, 3.8) is 0 Å². The van der Waals surface area contributed by atoms with Gasteiger partial charge in [0.25, 0.3) is 0 Å². The van der Waals surface area contributed by atoms with Gasteiger partial charge < -0.3 is 5.32 Å². The van der Waals surface area contributed by atoms with Gasteiger partial charge >= 0.3 is 0 Å². The number of hydrogen-bond donors (Lipinski definition) is 1. The van der Waals surface area contributed by atoms with Crippen molar-refractivity contribution >= 4 is 9.84 Å². The van der Waals surface area contributed by atoms with Crippen LogP contribution in [0.5, 0.6) is 0 Å². The summed E-state index contributed by atoms with van der Waals surface area (Å²) in [6, 6.07) is 6.08. The first-order valence-corrected chi connectivity index (χ1v) is 7.88. The number of nitrogens with one attached hydrogen (secondary N) is 1. The minimum Gasteiger partial charge on any atom is -0.307 e. The van der Waals surface area contributed by atoms with Crippen LogP contribution in [-0.2, 0) is 9.84 Å². The van der Waals surface area contributed by atoms with E-state index in [9.17, 15) is 12.8 Å². The molecule has 2 atom stereocenters. The van der Waals surface area contributed by atoms with Crippen LogP contribution in [0.2, 0.25) is 0 Å². The Morgan fingerprint density at radius 3 is 2.56 bits per heavy atom. The number of benzene rings is 1. The molecule has 5 heteroatoms. The predicted molar refractivity (Wildman–Crippen MR) is 71.7 cm³/mol. The second-order valence-corrected chi connectivity index (χ2v) is 6.94. The normalized spacial score (nSPS) is 15.3. The highest BCUT2D eigenvalue weighted by Gasteiger charge is 2.16. The van der Waals surface area contributed by atoms with Crippen molar-refractivity contribution in [2.75, 3.05) is 11.5 Å². The third-order valence-electron chi connectivity index (χ3n) is 2.83. The average molecular weight is 273 g/mol. The van der Waals surface area contributed by atoms with Crippen LogP contribution in [0.4, 0.5) is 4.39 Å². The highest BCUT2D eigenvalue weighted by Crippen LogP contribution is 2.14. The molecule has 0 aliphatic carbocycles. The van der Waals surface area contributed by atoms with Crippen molar-refractivity contribution in [1.82, 2.24) is 5.32 Å². The van der Waals surface area contributed by atoms with E-state index in [1.54, 1.807) is 13.0 Å². The Bertz CT molecular complexity index is 488. The fourth-order valence-corrected chi connectivity index (χ4v) is 2.94. The zero-order valence-electron chi connectivity index (χ0n) is 11.0. The van der Waals surface area contributed by atoms with Crippen LogP contribution in [0.3, 0.4) is 0 Å². The van der Waals surface area contributed by atoms with E-state index in [-0.39, 0.29) is 29.4 Å². The van der Waals surface area contributed by atoms with Crippen LogP contribution >= 0.6 is 0 Å². The fraction of sp³-hybridized carbons (Fsp3) is 0.538. The zero-order valence-corrected chi connectivity index (χ0v) is 11.8. The van der Waals surface area contributed by atoms with E-state index >= 15 is 0 Å². The van der Waals surface area contributed by atoms with E-state index in [1.165, 1.54) is 12.1 Å². The standard InChI is InChI=1S/C13H20FNO2S/c1-4-18(16,17)9-10(2)15-11(3)12-6-5-7-13(14)8-12/h5-8,10-11,15H,4,9H2,1-3H3/t10?,11-/m0/s1. The number of sulfone groups is 1. The van der Waals surface area contributed by atoms with E-state index in [4.69, 9.17) is 0 Å². The summed E-state index contributed by atoms with van der Waals surface area (Å²) in [6.07, 6.45) is 0. The molecule has 0 saturated heterocycles. The van der Waals surface area contributed by atoms with Crippen LogP contribution in [0, 0.1) is 5.82 Å². The van der Waals surface area contributed by atoms with E-state index in [0.29, 0.717) is 0 Å². The van der Waals surface area contributed by atoms with Gasteiger partial charge in [0, 0.05) is 17.8 Å². The maximum absolute atomic E-state index is 13.1. The number of hydrogen-bond acceptors (Lipinski definition) is 3. The summed E-state index contributed by atoms with van der Waals surface area (Å²) < 4.78 is 36.0. The van der Waals surface area contributed by atoms with Crippen molar-refractivity contribution in [2.45, 2.75) is 32.9 Å². The molecule has 0 aromatic heterocycles. The van der Waals surface area contributed by atoms with Crippen molar-refractivity contribution in [3.05, 3.63) is 35.6 Å². The Morgan fingerprint density at radius 2 is 2.00 bits per heavy atom. The molecule has 1 aromatic rings. The Kier molecular flexibility index (Phi) is 5.28. The molecule has 1 aromatic carbocycles. The molecule has 0 fully saturated rings. The highest BCUT2D eigenvalue weighted by atomic mass is 32.2. The number of rotatable bonds is 6. The van der Waals surface area contributed by atoms with Gasteiger partial charge in [0.2, 0.25) is 0 Å². The van der Waals surface area contributed by atoms with Crippen LogP contribution in [0.25, 0.3) is 0 Å². The second-order valence-electron chi connectivity index (χ2n) is 4.54. The molecule has 0 aliphatic rings. The summed E-state index contributed by atoms with van der Waals surface area (Å²) in [7, 11) is -2.99. The topological polar surface area (TPSA) is 46.2 Å². The molecule has 0 saturated carbocycles. The van der Waals surface area contributed by atoms with Gasteiger partial charge in [0.15, 0.2) is 9.84 Å². The lowest BCUT2D eigenvalue weighted by molar-refractivity contribution is 0.497. The average Bonchev–Trinajstić information content (AvgIpc) is 2.28. The van der Waals surface area contributed by atoms with Crippen LogP contribution < -0.4 is 5.32 Å². The van der Waals surface area contributed by atoms with Gasteiger partial charge in [-0.25, -0.2) is 12.8 Å². The molecule has 0 heterocycles. The second kappa shape index (κ2) is 6.29. The van der Waals surface area contributed by atoms with E-state index in [0.717, 1.165) is 5.56 Å². The monoisotopic (exact) mass is 273 g/mol. The molecule has 0 amide bonds. The lowest BCUT2D eigenvalue weighted by Gasteiger charge is -2.20. The summed E-state index contributed by atoms with van der Waals surface area (Å²) in [5.41, 5.74) is 0.816. The van der Waals surface area contributed by atoms with Crippen molar-refractivity contribution in [2.24, 2.45) is 0 Å². The molecule has 1 unspecified atom stereocenters. The van der Waals surface area contributed by atoms with Gasteiger partial charge in [-0.3, -0.25) is 0 Å². The van der Waals surface area contributed by atoms with E-state index < -0.39 is 9.84 Å². The van der Waals surface area contributed by atoms with Gasteiger partial charge in [-0.15, -0.1) is 0 Å². The van der Waals surface area contributed by atoms with Crippen LogP contribution in [-0.4, -0.2) is 26.0 Å². The first kappa shape index (κ1) is 15.1. The lowest BCUT2D eigenvalue weighted by Crippen LogP contribution is -2.35. The molecular formula is C13H20FNO2S. The lowest BCUT2D eigenvalue weighted by atomic mass is 10.1. The molecule has 1 rings (SSSR count). The zero-order chi connectivity index (χ0) is 13.8. The third kappa shape index (κ3) is 4.74. The van der Waals surface area contributed by atoms with E-state index in [2.05, 4.69) is 5.32 Å². The molecule has 0 aliphatic heterocycles. The summed E-state index contributed by atoms with van der Waals surface area (Å²) in [5, 5.41) is 3.17. The Hall–Kier alpha value is -0.940. The van der Waals surface area contributed by atoms with Gasteiger partial charge in [-0.05, 0) is 31.5 Å². The maximum atomic E-state index is 13.1. The summed E-state index contributed by atoms with van der Waals surface area (Å²) in [5.74, 6) is -0.0359. The molecule has 0 bridgehead atoms. The van der Waals surface area contributed by atoms with Crippen LogP contribution in [0.15, 0.2) is 24.3 Å². The quantitative estimate of drug-likeness (QED) is 0.865. The van der Waals surface area contributed by atoms with Gasteiger partial charge in [-0.1, -0.05) is 19.1 Å². The van der Waals surface area contributed by atoms with Gasteiger partial charge in [0.05, 0.1) is 5.75 Å². The van der Waals surface area contributed by atoms with E-state index in [1.807, 2.05) is 19.9 Å². The first-order chi connectivity index (χ1) is 8.34. The SMILES string of the molecule is CCS(=O)(=O)CC(C)N[C@@H](C)c1cccc(F)c1. The first-order valence-electron chi connectivity index (χ1n) is 6.06. The Labute approximate surface area is 108 Å². The van der Waals surface area contributed by atoms with Gasteiger partial charge in [-0.2, -0.15) is 0 Å². The minimum atomic E-state index is -2.99. The smallest absolute Gasteiger partial charge is 0.151 e. The highest BCUT2D eigenvalue weighted by molar-refractivity contribution is 7.91. The van der Waals surface area contributed by atoms with Gasteiger partial charge in [0.1, 0.15) is 5.82 Å². The largest absolute Gasteiger partial charge is 0.307 e. The molecule has 3 nitrogen and oxygen atoms in total. The van der Waals surface area contributed by atoms with Crippen LogP contribution in [0.1, 0.15) is 32.4 Å². The Balaban J connectivity index is 2.62. The van der Waals surface area contributed by atoms with Crippen molar-refractivity contribution < 1.29 is 12.8 Å². The third-order valence-corrected chi connectivity index (χ3v) is 4.71. The number of halogens is 1. The summed E-state index contributed by atoms with van der Waals surface area (Å²) in [6.45, 7) is 5.35. The summed E-state index contributed by atoms with van der Waals surface area (Å²) in [4.78, 5) is 0. The maximum Gasteiger partial charge on any atom is 0.151 e. The molecule has 1 N–H and O–H groups in total. The molecule has 102 valence electrons. The minimum absolute atomic E-state index is 0.0808. The molecule has 0 radical (unpaired) electrons.